The largest absolute Gasteiger partial charge is 0.389 e. The van der Waals surface area contributed by atoms with Crippen molar-refractivity contribution in [2.75, 3.05) is 0 Å². The lowest BCUT2D eigenvalue weighted by atomic mass is 9.86. The van der Waals surface area contributed by atoms with Crippen LogP contribution < -0.4 is 5.32 Å². The molecule has 4 heteroatoms. The highest BCUT2D eigenvalue weighted by molar-refractivity contribution is 9.10. The number of aliphatic hydroxyl groups is 1. The van der Waals surface area contributed by atoms with Crippen molar-refractivity contribution >= 4 is 27.5 Å². The Kier molecular flexibility index (Phi) is 4.64. The molecule has 2 nitrogen and oxygen atoms in total. The third kappa shape index (κ3) is 3.95. The fourth-order valence-corrected chi connectivity index (χ4v) is 2.02. The summed E-state index contributed by atoms with van der Waals surface area (Å²) in [5, 5.41) is 14.1. The lowest BCUT2D eigenvalue weighted by molar-refractivity contribution is -0.00534. The number of benzene rings is 1. The van der Waals surface area contributed by atoms with Gasteiger partial charge in [-0.3, -0.25) is 0 Å². The van der Waals surface area contributed by atoms with Crippen LogP contribution in [-0.4, -0.2) is 16.2 Å². The zero-order valence-corrected chi connectivity index (χ0v) is 13.0. The van der Waals surface area contributed by atoms with Crippen molar-refractivity contribution in [2.45, 2.75) is 45.4 Å². The Bertz CT molecular complexity index is 399. The summed E-state index contributed by atoms with van der Waals surface area (Å²) in [5.41, 5.74) is -0.0374. The first-order chi connectivity index (χ1) is 7.63. The van der Waals surface area contributed by atoms with E-state index in [1.165, 1.54) is 0 Å². The summed E-state index contributed by atoms with van der Waals surface area (Å²) in [6, 6.07) is 5.70. The molecule has 0 fully saturated rings. The minimum absolute atomic E-state index is 0.369. The van der Waals surface area contributed by atoms with E-state index in [4.69, 9.17) is 11.6 Å². The SMILES string of the molecule is CC(C)(O)C(C)(C)NCc1ccc(Cl)cc1Br. The van der Waals surface area contributed by atoms with E-state index in [1.54, 1.807) is 13.8 Å². The van der Waals surface area contributed by atoms with Crippen LogP contribution in [0.3, 0.4) is 0 Å². The van der Waals surface area contributed by atoms with E-state index < -0.39 is 5.60 Å². The summed E-state index contributed by atoms with van der Waals surface area (Å²) in [6.07, 6.45) is 0. The quantitative estimate of drug-likeness (QED) is 0.885. The minimum atomic E-state index is -0.786. The van der Waals surface area contributed by atoms with Gasteiger partial charge in [0.2, 0.25) is 0 Å². The van der Waals surface area contributed by atoms with E-state index >= 15 is 0 Å². The molecule has 0 aromatic heterocycles. The monoisotopic (exact) mass is 319 g/mol. The average molecular weight is 321 g/mol. The second-order valence-electron chi connectivity index (χ2n) is 5.27. The molecule has 0 bridgehead atoms. The van der Waals surface area contributed by atoms with Gasteiger partial charge in [-0.2, -0.15) is 0 Å². The summed E-state index contributed by atoms with van der Waals surface area (Å²) in [4.78, 5) is 0. The maximum absolute atomic E-state index is 10.0. The highest BCUT2D eigenvalue weighted by Gasteiger charge is 2.34. The number of hydrogen-bond donors (Lipinski definition) is 2. The van der Waals surface area contributed by atoms with Gasteiger partial charge in [0, 0.05) is 21.6 Å². The average Bonchev–Trinajstić information content (AvgIpc) is 2.14. The fourth-order valence-electron chi connectivity index (χ4n) is 1.20. The van der Waals surface area contributed by atoms with Gasteiger partial charge >= 0.3 is 0 Å². The predicted molar refractivity (Wildman–Crippen MR) is 76.4 cm³/mol. The molecule has 0 atom stereocenters. The normalized spacial score (nSPS) is 12.9. The molecule has 0 heterocycles. The molecular formula is C13H19BrClNO. The number of hydrogen-bond acceptors (Lipinski definition) is 2. The van der Waals surface area contributed by atoms with Crippen LogP contribution >= 0.6 is 27.5 Å². The van der Waals surface area contributed by atoms with Gasteiger partial charge in [0.25, 0.3) is 0 Å². The molecule has 0 aliphatic heterocycles. The number of rotatable bonds is 4. The van der Waals surface area contributed by atoms with Crippen LogP contribution in [0.4, 0.5) is 0 Å². The molecular weight excluding hydrogens is 302 g/mol. The molecule has 1 aromatic rings. The highest BCUT2D eigenvalue weighted by atomic mass is 79.9. The maximum atomic E-state index is 10.0. The van der Waals surface area contributed by atoms with Crippen molar-refractivity contribution in [3.05, 3.63) is 33.3 Å². The van der Waals surface area contributed by atoms with Gasteiger partial charge in [0.1, 0.15) is 0 Å². The molecule has 1 aromatic carbocycles. The van der Waals surface area contributed by atoms with E-state index in [9.17, 15) is 5.11 Å². The first-order valence-corrected chi connectivity index (χ1v) is 6.72. The third-order valence-electron chi connectivity index (χ3n) is 3.27. The Labute approximate surface area is 117 Å². The molecule has 0 radical (unpaired) electrons. The van der Waals surface area contributed by atoms with Gasteiger partial charge in [-0.1, -0.05) is 33.6 Å². The Balaban J connectivity index is 2.74. The lowest BCUT2D eigenvalue weighted by Gasteiger charge is -2.38. The molecule has 96 valence electrons. The van der Waals surface area contributed by atoms with Crippen LogP contribution in [0, 0.1) is 0 Å². The Morgan fingerprint density at radius 1 is 1.29 bits per heavy atom. The van der Waals surface area contributed by atoms with Crippen molar-refractivity contribution in [1.29, 1.82) is 0 Å². The van der Waals surface area contributed by atoms with Crippen molar-refractivity contribution in [1.82, 2.24) is 5.32 Å². The van der Waals surface area contributed by atoms with E-state index in [0.29, 0.717) is 11.6 Å². The third-order valence-corrected chi connectivity index (χ3v) is 4.24. The molecule has 0 saturated carbocycles. The molecule has 0 aliphatic rings. The zero-order valence-electron chi connectivity index (χ0n) is 10.6. The van der Waals surface area contributed by atoms with Gasteiger partial charge in [0.05, 0.1) is 5.60 Å². The summed E-state index contributed by atoms with van der Waals surface area (Å²) in [6.45, 7) is 8.25. The Hall–Kier alpha value is -0.0900. The van der Waals surface area contributed by atoms with Crippen LogP contribution in [0.15, 0.2) is 22.7 Å². The molecule has 0 saturated heterocycles. The van der Waals surface area contributed by atoms with Crippen LogP contribution in [0.1, 0.15) is 33.3 Å². The van der Waals surface area contributed by atoms with Crippen molar-refractivity contribution in [3.63, 3.8) is 0 Å². The van der Waals surface area contributed by atoms with Crippen LogP contribution in [0.2, 0.25) is 5.02 Å². The van der Waals surface area contributed by atoms with Crippen molar-refractivity contribution in [2.24, 2.45) is 0 Å². The van der Waals surface area contributed by atoms with Gasteiger partial charge in [-0.15, -0.1) is 0 Å². The van der Waals surface area contributed by atoms with E-state index in [2.05, 4.69) is 21.2 Å². The summed E-state index contributed by atoms with van der Waals surface area (Å²) < 4.78 is 0.976. The van der Waals surface area contributed by atoms with Crippen LogP contribution in [0.25, 0.3) is 0 Å². The van der Waals surface area contributed by atoms with E-state index in [0.717, 1.165) is 10.0 Å². The number of nitrogens with one attached hydrogen (secondary N) is 1. The highest BCUT2D eigenvalue weighted by Crippen LogP contribution is 2.24. The van der Waals surface area contributed by atoms with E-state index in [1.807, 2.05) is 32.0 Å². The molecule has 1 rings (SSSR count). The first kappa shape index (κ1) is 15.0. The molecule has 0 unspecified atom stereocenters. The van der Waals surface area contributed by atoms with Gasteiger partial charge in [-0.05, 0) is 45.4 Å². The minimum Gasteiger partial charge on any atom is -0.389 e. The lowest BCUT2D eigenvalue weighted by Crippen LogP contribution is -2.55. The van der Waals surface area contributed by atoms with Crippen molar-refractivity contribution < 1.29 is 5.11 Å². The van der Waals surface area contributed by atoms with Crippen molar-refractivity contribution in [3.8, 4) is 0 Å². The standard InChI is InChI=1S/C13H19BrClNO/c1-12(2,13(3,4)17)16-8-9-5-6-10(15)7-11(9)14/h5-7,16-17H,8H2,1-4H3. The zero-order chi connectivity index (χ0) is 13.3. The topological polar surface area (TPSA) is 32.3 Å². The van der Waals surface area contributed by atoms with Gasteiger partial charge in [0.15, 0.2) is 0 Å². The summed E-state index contributed by atoms with van der Waals surface area (Å²) in [7, 11) is 0. The molecule has 2 N–H and O–H groups in total. The second-order valence-corrected chi connectivity index (χ2v) is 6.56. The molecule has 0 aliphatic carbocycles. The molecule has 0 spiro atoms. The Morgan fingerprint density at radius 3 is 2.35 bits per heavy atom. The predicted octanol–water partition coefficient (Wildman–Crippen LogP) is 3.74. The van der Waals surface area contributed by atoms with Crippen LogP contribution in [0.5, 0.6) is 0 Å². The smallest absolute Gasteiger partial charge is 0.0767 e. The summed E-state index contributed by atoms with van der Waals surface area (Å²) >= 11 is 9.37. The van der Waals surface area contributed by atoms with Gasteiger partial charge < -0.3 is 10.4 Å². The molecule has 17 heavy (non-hydrogen) atoms. The second kappa shape index (κ2) is 5.27. The summed E-state index contributed by atoms with van der Waals surface area (Å²) in [5.74, 6) is 0. The van der Waals surface area contributed by atoms with E-state index in [-0.39, 0.29) is 5.54 Å². The molecule has 0 amide bonds. The fraction of sp³-hybridized carbons (Fsp3) is 0.538. The van der Waals surface area contributed by atoms with Crippen LogP contribution in [-0.2, 0) is 6.54 Å². The van der Waals surface area contributed by atoms with Gasteiger partial charge in [-0.25, -0.2) is 0 Å². The Morgan fingerprint density at radius 2 is 1.88 bits per heavy atom. The maximum Gasteiger partial charge on any atom is 0.0767 e. The first-order valence-electron chi connectivity index (χ1n) is 5.55. The number of halogens is 2.